The van der Waals surface area contributed by atoms with E-state index in [-0.39, 0.29) is 18.5 Å². The number of hydrogen-bond acceptors (Lipinski definition) is 8. The molecule has 2 aromatic rings. The van der Waals surface area contributed by atoms with E-state index in [4.69, 9.17) is 4.74 Å². The second kappa shape index (κ2) is 9.70. The van der Waals surface area contributed by atoms with E-state index >= 15 is 0 Å². The van der Waals surface area contributed by atoms with Crippen molar-refractivity contribution >= 4 is 29.8 Å². The summed E-state index contributed by atoms with van der Waals surface area (Å²) < 4.78 is 10.1. The molecular weight excluding hydrogens is 426 g/mol. The third-order valence-electron chi connectivity index (χ3n) is 5.43. The van der Waals surface area contributed by atoms with Gasteiger partial charge in [-0.15, -0.1) is 0 Å². The first kappa shape index (κ1) is 22.3. The zero-order valence-corrected chi connectivity index (χ0v) is 18.4. The van der Waals surface area contributed by atoms with Crippen molar-refractivity contribution in [2.45, 2.75) is 25.4 Å². The predicted octanol–water partition coefficient (Wildman–Crippen LogP) is 1.92. The van der Waals surface area contributed by atoms with Gasteiger partial charge < -0.3 is 14.8 Å². The van der Waals surface area contributed by atoms with Gasteiger partial charge in [0.05, 0.1) is 25.3 Å². The summed E-state index contributed by atoms with van der Waals surface area (Å²) in [7, 11) is 1.30. The van der Waals surface area contributed by atoms with E-state index in [1.165, 1.54) is 18.5 Å². The standard InChI is InChI=1S/C23H25N5O5/c1-3-33-18-10-6-15(7-11-18)19-12-20-22(30)27(24-14-28(20)26-19)13-21(29)25-17-8-4-16(5-9-17)23(31)32-2/h4-11,14,19-20,26H,3,12-13H2,1-2H3,(H,25,29). The highest BCUT2D eigenvalue weighted by Crippen LogP contribution is 2.30. The molecule has 10 heteroatoms. The topological polar surface area (TPSA) is 113 Å². The monoisotopic (exact) mass is 451 g/mol. The molecule has 33 heavy (non-hydrogen) atoms. The number of anilines is 1. The van der Waals surface area contributed by atoms with Gasteiger partial charge in [-0.1, -0.05) is 12.1 Å². The van der Waals surface area contributed by atoms with Crippen LogP contribution < -0.4 is 15.5 Å². The van der Waals surface area contributed by atoms with Crippen LogP contribution in [0.15, 0.2) is 53.6 Å². The van der Waals surface area contributed by atoms with Crippen molar-refractivity contribution < 1.29 is 23.9 Å². The lowest BCUT2D eigenvalue weighted by Gasteiger charge is -2.29. The highest BCUT2D eigenvalue weighted by Gasteiger charge is 2.41. The number of carbonyl (C=O) groups is 3. The number of benzene rings is 2. The first-order valence-corrected chi connectivity index (χ1v) is 10.6. The summed E-state index contributed by atoms with van der Waals surface area (Å²) >= 11 is 0. The number of hydrazone groups is 1. The molecule has 2 unspecified atom stereocenters. The molecule has 172 valence electrons. The Morgan fingerprint density at radius 1 is 1.15 bits per heavy atom. The second-order valence-electron chi connectivity index (χ2n) is 7.59. The fraction of sp³-hybridized carbons (Fsp3) is 0.304. The first-order chi connectivity index (χ1) is 16.0. The van der Waals surface area contributed by atoms with Crippen LogP contribution in [0, 0.1) is 0 Å². The Balaban J connectivity index is 1.34. The molecule has 2 aliphatic heterocycles. The number of nitrogens with one attached hydrogen (secondary N) is 2. The van der Waals surface area contributed by atoms with Crippen LogP contribution in [0.2, 0.25) is 0 Å². The minimum Gasteiger partial charge on any atom is -0.494 e. The molecule has 0 aromatic heterocycles. The third-order valence-corrected chi connectivity index (χ3v) is 5.43. The first-order valence-electron chi connectivity index (χ1n) is 10.6. The van der Waals surface area contributed by atoms with Crippen LogP contribution >= 0.6 is 0 Å². The fourth-order valence-corrected chi connectivity index (χ4v) is 3.78. The van der Waals surface area contributed by atoms with Gasteiger partial charge in [-0.25, -0.2) is 15.2 Å². The number of ether oxygens (including phenoxy) is 2. The lowest BCUT2D eigenvalue weighted by atomic mass is 10.0. The second-order valence-corrected chi connectivity index (χ2v) is 7.59. The number of nitrogens with zero attached hydrogens (tertiary/aromatic N) is 3. The predicted molar refractivity (Wildman–Crippen MR) is 120 cm³/mol. The third kappa shape index (κ3) is 4.96. The Labute approximate surface area is 191 Å². The SMILES string of the molecule is CCOc1ccc(C2CC3C(=O)N(CC(=O)Nc4ccc(C(=O)OC)cc4)N=CN3N2)cc1. The van der Waals surface area contributed by atoms with Gasteiger partial charge in [0.1, 0.15) is 24.7 Å². The number of esters is 1. The van der Waals surface area contributed by atoms with E-state index in [1.54, 1.807) is 29.3 Å². The Hall–Kier alpha value is -3.92. The normalized spacial score (nSPS) is 19.3. The molecule has 0 aliphatic carbocycles. The summed E-state index contributed by atoms with van der Waals surface area (Å²) in [4.78, 5) is 36.9. The number of amides is 2. The van der Waals surface area contributed by atoms with Gasteiger partial charge in [0.15, 0.2) is 0 Å². The van der Waals surface area contributed by atoms with Gasteiger partial charge in [-0.2, -0.15) is 5.10 Å². The van der Waals surface area contributed by atoms with Gasteiger partial charge in [0, 0.05) is 5.69 Å². The zero-order chi connectivity index (χ0) is 23.4. The molecule has 1 saturated heterocycles. The average molecular weight is 451 g/mol. The van der Waals surface area contributed by atoms with E-state index in [2.05, 4.69) is 20.6 Å². The molecule has 10 nitrogen and oxygen atoms in total. The van der Waals surface area contributed by atoms with Gasteiger partial charge in [-0.3, -0.25) is 14.6 Å². The molecule has 0 spiro atoms. The lowest BCUT2D eigenvalue weighted by molar-refractivity contribution is -0.139. The van der Waals surface area contributed by atoms with Crippen LogP contribution in [0.4, 0.5) is 5.69 Å². The summed E-state index contributed by atoms with van der Waals surface area (Å²) in [5.41, 5.74) is 5.20. The average Bonchev–Trinajstić information content (AvgIpc) is 3.27. The van der Waals surface area contributed by atoms with Gasteiger partial charge in [0.25, 0.3) is 5.91 Å². The van der Waals surface area contributed by atoms with Crippen molar-refractivity contribution in [1.29, 1.82) is 0 Å². The Bertz CT molecular complexity index is 1050. The summed E-state index contributed by atoms with van der Waals surface area (Å²) in [6.07, 6.45) is 2.07. The van der Waals surface area contributed by atoms with Crippen molar-refractivity contribution in [2.75, 3.05) is 25.6 Å². The molecule has 2 aromatic carbocycles. The summed E-state index contributed by atoms with van der Waals surface area (Å²) in [6, 6.07) is 13.5. The van der Waals surface area contributed by atoms with E-state index in [9.17, 15) is 14.4 Å². The highest BCUT2D eigenvalue weighted by atomic mass is 16.5. The maximum atomic E-state index is 12.9. The van der Waals surface area contributed by atoms with Crippen molar-refractivity contribution in [3.05, 3.63) is 59.7 Å². The van der Waals surface area contributed by atoms with Gasteiger partial charge >= 0.3 is 5.97 Å². The van der Waals surface area contributed by atoms with Crippen molar-refractivity contribution in [2.24, 2.45) is 5.10 Å². The van der Waals surface area contributed by atoms with E-state index in [0.29, 0.717) is 24.3 Å². The summed E-state index contributed by atoms with van der Waals surface area (Å²) in [6.45, 7) is 2.32. The zero-order valence-electron chi connectivity index (χ0n) is 18.4. The smallest absolute Gasteiger partial charge is 0.337 e. The number of carbonyl (C=O) groups excluding carboxylic acids is 3. The molecule has 0 bridgehead atoms. The van der Waals surface area contributed by atoms with Crippen molar-refractivity contribution in [3.63, 3.8) is 0 Å². The van der Waals surface area contributed by atoms with Crippen LogP contribution in [-0.4, -0.2) is 60.4 Å². The Morgan fingerprint density at radius 3 is 2.55 bits per heavy atom. The number of hydrazine groups is 1. The minimum absolute atomic E-state index is 0.0526. The van der Waals surface area contributed by atoms with Crippen molar-refractivity contribution in [3.8, 4) is 5.75 Å². The lowest BCUT2D eigenvalue weighted by Crippen LogP contribution is -2.52. The summed E-state index contributed by atoms with van der Waals surface area (Å²) in [5, 5.41) is 9.69. The molecule has 0 saturated carbocycles. The molecule has 4 rings (SSSR count). The van der Waals surface area contributed by atoms with Crippen LogP contribution in [0.5, 0.6) is 5.75 Å². The molecule has 2 heterocycles. The number of fused-ring (bicyclic) bond motifs is 1. The van der Waals surface area contributed by atoms with Crippen LogP contribution in [-0.2, 0) is 14.3 Å². The Kier molecular flexibility index (Phi) is 6.55. The molecular formula is C23H25N5O5. The molecule has 2 N–H and O–H groups in total. The van der Waals surface area contributed by atoms with Crippen LogP contribution in [0.25, 0.3) is 0 Å². The van der Waals surface area contributed by atoms with Crippen LogP contribution in [0.1, 0.15) is 35.3 Å². The highest BCUT2D eigenvalue weighted by molar-refractivity contribution is 5.97. The van der Waals surface area contributed by atoms with Gasteiger partial charge in [0.2, 0.25) is 5.91 Å². The molecule has 2 amide bonds. The van der Waals surface area contributed by atoms with Crippen LogP contribution in [0.3, 0.4) is 0 Å². The minimum atomic E-state index is -0.459. The maximum absolute atomic E-state index is 12.9. The van der Waals surface area contributed by atoms with E-state index in [0.717, 1.165) is 11.3 Å². The van der Waals surface area contributed by atoms with Crippen molar-refractivity contribution in [1.82, 2.24) is 15.4 Å². The van der Waals surface area contributed by atoms with Gasteiger partial charge in [-0.05, 0) is 55.3 Å². The maximum Gasteiger partial charge on any atom is 0.337 e. The summed E-state index contributed by atoms with van der Waals surface area (Å²) in [5.74, 6) is -0.311. The number of methoxy groups -OCH3 is 1. The molecule has 1 fully saturated rings. The largest absolute Gasteiger partial charge is 0.494 e. The number of hydrogen-bond donors (Lipinski definition) is 2. The Morgan fingerprint density at radius 2 is 1.88 bits per heavy atom. The number of rotatable bonds is 7. The van der Waals surface area contributed by atoms with E-state index < -0.39 is 17.9 Å². The van der Waals surface area contributed by atoms with E-state index in [1.807, 2.05) is 31.2 Å². The molecule has 2 atom stereocenters. The quantitative estimate of drug-likeness (QED) is 0.619. The molecule has 2 aliphatic rings. The fourth-order valence-electron chi connectivity index (χ4n) is 3.78. The molecule has 0 radical (unpaired) electrons.